The Morgan fingerprint density at radius 1 is 1.31 bits per heavy atom. The van der Waals surface area contributed by atoms with Gasteiger partial charge in [-0.15, -0.1) is 0 Å². The van der Waals surface area contributed by atoms with Gasteiger partial charge in [-0.25, -0.2) is 4.98 Å². The van der Waals surface area contributed by atoms with E-state index in [1.807, 2.05) is 19.1 Å². The molecule has 0 saturated carbocycles. The largest absolute Gasteiger partial charge is 0.444 e. The number of aromatic nitrogens is 1. The van der Waals surface area contributed by atoms with Crippen LogP contribution in [0.25, 0.3) is 11.5 Å². The summed E-state index contributed by atoms with van der Waals surface area (Å²) in [5, 5.41) is 0. The van der Waals surface area contributed by atoms with E-state index in [0.717, 1.165) is 11.3 Å². The minimum Gasteiger partial charge on any atom is -0.444 e. The van der Waals surface area contributed by atoms with Crippen LogP contribution in [-0.2, 0) is 0 Å². The number of hydrogen-bond donors (Lipinski definition) is 1. The van der Waals surface area contributed by atoms with Crippen LogP contribution in [-0.4, -0.2) is 11.5 Å². The van der Waals surface area contributed by atoms with E-state index >= 15 is 0 Å². The molecular weight excluding hydrogens is 200 g/mol. The molecule has 0 spiro atoms. The van der Waals surface area contributed by atoms with Crippen LogP contribution in [0.5, 0.6) is 0 Å². The van der Waals surface area contributed by atoms with E-state index in [2.05, 4.69) is 24.0 Å². The summed E-state index contributed by atoms with van der Waals surface area (Å²) >= 11 is 0. The molecule has 1 atom stereocenters. The molecule has 1 aromatic heterocycles. The molecule has 2 aromatic rings. The number of aryl methyl sites for hydroxylation is 1. The Balaban J connectivity index is 2.25. The van der Waals surface area contributed by atoms with Crippen LogP contribution in [0.3, 0.4) is 0 Å². The maximum absolute atomic E-state index is 5.63. The third-order valence-electron chi connectivity index (χ3n) is 2.70. The van der Waals surface area contributed by atoms with E-state index in [0.29, 0.717) is 18.4 Å². The Labute approximate surface area is 95.3 Å². The normalized spacial score (nSPS) is 12.7. The molecular formula is C13H16N2O. The first-order valence-corrected chi connectivity index (χ1v) is 5.43. The summed E-state index contributed by atoms with van der Waals surface area (Å²) in [6.45, 7) is 4.69. The van der Waals surface area contributed by atoms with Gasteiger partial charge >= 0.3 is 0 Å². The molecule has 3 nitrogen and oxygen atoms in total. The van der Waals surface area contributed by atoms with Crippen LogP contribution in [0.2, 0.25) is 0 Å². The van der Waals surface area contributed by atoms with Crippen molar-refractivity contribution in [2.75, 3.05) is 6.54 Å². The highest BCUT2D eigenvalue weighted by Gasteiger charge is 2.06. The van der Waals surface area contributed by atoms with Gasteiger partial charge in [0.2, 0.25) is 5.89 Å². The van der Waals surface area contributed by atoms with Gasteiger partial charge in [0.25, 0.3) is 0 Å². The smallest absolute Gasteiger partial charge is 0.226 e. The fraction of sp³-hybridized carbons (Fsp3) is 0.308. The van der Waals surface area contributed by atoms with Crippen LogP contribution in [0.4, 0.5) is 0 Å². The van der Waals surface area contributed by atoms with Crippen LogP contribution in [0, 0.1) is 6.92 Å². The first-order chi connectivity index (χ1) is 7.70. The highest BCUT2D eigenvalue weighted by Crippen LogP contribution is 2.21. The fourth-order valence-electron chi connectivity index (χ4n) is 1.58. The van der Waals surface area contributed by atoms with Crippen molar-refractivity contribution in [2.45, 2.75) is 19.8 Å². The molecule has 16 heavy (non-hydrogen) atoms. The number of rotatable bonds is 3. The average Bonchev–Trinajstić information content (AvgIpc) is 2.75. The van der Waals surface area contributed by atoms with E-state index in [1.54, 1.807) is 6.26 Å². The second-order valence-electron chi connectivity index (χ2n) is 4.05. The van der Waals surface area contributed by atoms with Gasteiger partial charge in [-0.1, -0.05) is 19.1 Å². The second-order valence-corrected chi connectivity index (χ2v) is 4.05. The molecule has 0 saturated heterocycles. The van der Waals surface area contributed by atoms with Crippen LogP contribution in [0.1, 0.15) is 24.1 Å². The van der Waals surface area contributed by atoms with Gasteiger partial charge in [-0.3, -0.25) is 0 Å². The fourth-order valence-corrected chi connectivity index (χ4v) is 1.58. The number of benzene rings is 1. The molecule has 0 aliphatic rings. The summed E-state index contributed by atoms with van der Waals surface area (Å²) in [5.41, 5.74) is 8.77. The molecule has 0 aliphatic heterocycles. The molecule has 1 heterocycles. The Morgan fingerprint density at radius 3 is 2.50 bits per heavy atom. The maximum atomic E-state index is 5.63. The van der Waals surface area contributed by atoms with E-state index in [-0.39, 0.29) is 0 Å². The van der Waals surface area contributed by atoms with Gasteiger partial charge in [0, 0.05) is 5.56 Å². The van der Waals surface area contributed by atoms with Crippen molar-refractivity contribution in [1.82, 2.24) is 4.98 Å². The minimum absolute atomic E-state index is 0.389. The minimum atomic E-state index is 0.389. The molecule has 1 aromatic carbocycles. The molecule has 0 bridgehead atoms. The Morgan fingerprint density at radius 2 is 2.00 bits per heavy atom. The van der Waals surface area contributed by atoms with Crippen molar-refractivity contribution in [3.05, 3.63) is 41.8 Å². The summed E-state index contributed by atoms with van der Waals surface area (Å²) in [6, 6.07) is 8.19. The summed E-state index contributed by atoms with van der Waals surface area (Å²) in [4.78, 5) is 4.28. The number of nitrogens with zero attached hydrogens (tertiary/aromatic N) is 1. The molecule has 84 valence electrons. The van der Waals surface area contributed by atoms with E-state index < -0.39 is 0 Å². The zero-order chi connectivity index (χ0) is 11.5. The lowest BCUT2D eigenvalue weighted by molar-refractivity contribution is 0.573. The zero-order valence-corrected chi connectivity index (χ0v) is 9.60. The maximum Gasteiger partial charge on any atom is 0.226 e. The predicted octanol–water partition coefficient (Wildman–Crippen LogP) is 2.71. The molecule has 1 unspecified atom stereocenters. The van der Waals surface area contributed by atoms with Gasteiger partial charge < -0.3 is 10.2 Å². The first kappa shape index (κ1) is 10.9. The third kappa shape index (κ3) is 2.14. The van der Waals surface area contributed by atoms with Crippen molar-refractivity contribution in [3.8, 4) is 11.5 Å². The van der Waals surface area contributed by atoms with Crippen molar-refractivity contribution >= 4 is 0 Å². The average molecular weight is 216 g/mol. The van der Waals surface area contributed by atoms with Gasteiger partial charge in [0.15, 0.2) is 0 Å². The molecule has 0 aliphatic carbocycles. The Kier molecular flexibility index (Phi) is 3.06. The van der Waals surface area contributed by atoms with E-state index in [4.69, 9.17) is 10.2 Å². The quantitative estimate of drug-likeness (QED) is 0.858. The zero-order valence-electron chi connectivity index (χ0n) is 9.60. The molecule has 2 N–H and O–H groups in total. The van der Waals surface area contributed by atoms with Crippen LogP contribution in [0.15, 0.2) is 34.9 Å². The van der Waals surface area contributed by atoms with Crippen molar-refractivity contribution < 1.29 is 4.42 Å². The van der Waals surface area contributed by atoms with Gasteiger partial charge in [-0.2, -0.15) is 0 Å². The monoisotopic (exact) mass is 216 g/mol. The lowest BCUT2D eigenvalue weighted by Crippen LogP contribution is -2.08. The second kappa shape index (κ2) is 4.49. The highest BCUT2D eigenvalue weighted by atomic mass is 16.3. The molecule has 0 radical (unpaired) electrons. The third-order valence-corrected chi connectivity index (χ3v) is 2.70. The number of nitrogens with two attached hydrogens (primary N) is 1. The Bertz CT molecular complexity index is 459. The summed E-state index contributed by atoms with van der Waals surface area (Å²) in [6.07, 6.45) is 1.66. The van der Waals surface area contributed by atoms with E-state index in [9.17, 15) is 0 Å². The van der Waals surface area contributed by atoms with Crippen LogP contribution >= 0.6 is 0 Å². The summed E-state index contributed by atoms with van der Waals surface area (Å²) < 4.78 is 5.34. The molecule has 2 rings (SSSR count). The van der Waals surface area contributed by atoms with Gasteiger partial charge in [0.05, 0.1) is 5.69 Å². The number of hydrogen-bond acceptors (Lipinski definition) is 3. The topological polar surface area (TPSA) is 52.0 Å². The lowest BCUT2D eigenvalue weighted by atomic mass is 10.0. The van der Waals surface area contributed by atoms with Gasteiger partial charge in [0.1, 0.15) is 6.26 Å². The predicted molar refractivity (Wildman–Crippen MR) is 64.1 cm³/mol. The van der Waals surface area contributed by atoms with Crippen molar-refractivity contribution in [1.29, 1.82) is 0 Å². The van der Waals surface area contributed by atoms with Crippen LogP contribution < -0.4 is 5.73 Å². The van der Waals surface area contributed by atoms with E-state index in [1.165, 1.54) is 5.56 Å². The molecule has 0 amide bonds. The molecule has 0 fully saturated rings. The van der Waals surface area contributed by atoms with Gasteiger partial charge in [-0.05, 0) is 37.1 Å². The lowest BCUT2D eigenvalue weighted by Gasteiger charge is -2.08. The van der Waals surface area contributed by atoms with Crippen molar-refractivity contribution in [3.63, 3.8) is 0 Å². The Hall–Kier alpha value is -1.61. The van der Waals surface area contributed by atoms with Crippen molar-refractivity contribution in [2.24, 2.45) is 5.73 Å². The SMILES string of the molecule is Cc1coc(-c2ccc(C(C)CN)cc2)n1. The number of oxazole rings is 1. The summed E-state index contributed by atoms with van der Waals surface area (Å²) in [7, 11) is 0. The summed E-state index contributed by atoms with van der Waals surface area (Å²) in [5.74, 6) is 1.06. The standard InChI is InChI=1S/C13H16N2O/c1-9(7-14)11-3-5-12(6-4-11)13-15-10(2)8-16-13/h3-6,8-9H,7,14H2,1-2H3. The first-order valence-electron chi connectivity index (χ1n) is 5.43. The molecule has 3 heteroatoms. The highest BCUT2D eigenvalue weighted by molar-refractivity contribution is 5.53.